The minimum Gasteiger partial charge on any atom is -0.467 e. The standard InChI is InChI=1S/C22H28N4O4/c1-2-23-21(28)16-7-5-11-26(14-16)15-20(27)25-19-10-4-3-9-18(19)22(29)24-13-17-8-6-12-30-17/h3-4,6,8-10,12,16H,2,5,7,11,13-15H2,1H3,(H,23,28)(H,24,29)(H,25,27). The summed E-state index contributed by atoms with van der Waals surface area (Å²) in [5.41, 5.74) is 0.841. The molecule has 8 nitrogen and oxygen atoms in total. The Morgan fingerprint density at radius 3 is 2.73 bits per heavy atom. The highest BCUT2D eigenvalue weighted by Gasteiger charge is 2.26. The third-order valence-electron chi connectivity index (χ3n) is 5.04. The van der Waals surface area contributed by atoms with Gasteiger partial charge in [-0.3, -0.25) is 19.3 Å². The van der Waals surface area contributed by atoms with Gasteiger partial charge in [0.2, 0.25) is 11.8 Å². The lowest BCUT2D eigenvalue weighted by Gasteiger charge is -2.31. The van der Waals surface area contributed by atoms with Crippen LogP contribution in [0.2, 0.25) is 0 Å². The second-order valence-corrected chi connectivity index (χ2v) is 7.32. The molecule has 1 atom stereocenters. The number of likely N-dealkylation sites (tertiary alicyclic amines) is 1. The first-order valence-corrected chi connectivity index (χ1v) is 10.3. The van der Waals surface area contributed by atoms with Crippen molar-refractivity contribution in [1.29, 1.82) is 0 Å². The van der Waals surface area contributed by atoms with E-state index in [2.05, 4.69) is 16.0 Å². The van der Waals surface area contributed by atoms with Crippen molar-refractivity contribution in [1.82, 2.24) is 15.5 Å². The maximum Gasteiger partial charge on any atom is 0.253 e. The van der Waals surface area contributed by atoms with E-state index >= 15 is 0 Å². The highest BCUT2D eigenvalue weighted by atomic mass is 16.3. The smallest absolute Gasteiger partial charge is 0.253 e. The topological polar surface area (TPSA) is 104 Å². The van der Waals surface area contributed by atoms with Crippen LogP contribution < -0.4 is 16.0 Å². The van der Waals surface area contributed by atoms with Crippen LogP contribution in [-0.4, -0.2) is 48.8 Å². The third-order valence-corrected chi connectivity index (χ3v) is 5.04. The van der Waals surface area contributed by atoms with Crippen LogP contribution in [0.25, 0.3) is 0 Å². The van der Waals surface area contributed by atoms with Gasteiger partial charge >= 0.3 is 0 Å². The van der Waals surface area contributed by atoms with Crippen molar-refractivity contribution in [3.63, 3.8) is 0 Å². The van der Waals surface area contributed by atoms with Crippen molar-refractivity contribution in [2.75, 3.05) is 31.5 Å². The molecule has 0 radical (unpaired) electrons. The summed E-state index contributed by atoms with van der Waals surface area (Å²) in [6, 6.07) is 10.4. The van der Waals surface area contributed by atoms with Gasteiger partial charge in [-0.2, -0.15) is 0 Å². The van der Waals surface area contributed by atoms with E-state index in [1.807, 2.05) is 11.8 Å². The third kappa shape index (κ3) is 5.93. The average Bonchev–Trinajstić information content (AvgIpc) is 3.26. The minimum atomic E-state index is -0.295. The molecule has 3 amide bonds. The maximum absolute atomic E-state index is 12.6. The lowest BCUT2D eigenvalue weighted by atomic mass is 9.97. The molecule has 2 heterocycles. The summed E-state index contributed by atoms with van der Waals surface area (Å²) in [4.78, 5) is 39.2. The predicted molar refractivity (Wildman–Crippen MR) is 113 cm³/mol. The van der Waals surface area contributed by atoms with Crippen molar-refractivity contribution in [3.8, 4) is 0 Å². The molecule has 1 aliphatic rings. The largest absolute Gasteiger partial charge is 0.467 e. The number of benzene rings is 1. The zero-order valence-electron chi connectivity index (χ0n) is 17.1. The Morgan fingerprint density at radius 2 is 1.97 bits per heavy atom. The molecule has 0 bridgehead atoms. The lowest BCUT2D eigenvalue weighted by Crippen LogP contribution is -2.45. The predicted octanol–water partition coefficient (Wildman–Crippen LogP) is 2.00. The summed E-state index contributed by atoms with van der Waals surface area (Å²) in [7, 11) is 0. The summed E-state index contributed by atoms with van der Waals surface area (Å²) in [5, 5.41) is 8.48. The molecule has 160 valence electrons. The molecule has 1 saturated heterocycles. The van der Waals surface area contributed by atoms with Crippen LogP contribution in [-0.2, 0) is 16.1 Å². The SMILES string of the molecule is CCNC(=O)C1CCCN(CC(=O)Nc2ccccc2C(=O)NCc2ccco2)C1. The van der Waals surface area contributed by atoms with E-state index in [0.717, 1.165) is 19.4 Å². The highest BCUT2D eigenvalue weighted by Crippen LogP contribution is 2.18. The zero-order valence-corrected chi connectivity index (χ0v) is 17.1. The Hall–Kier alpha value is -3.13. The van der Waals surface area contributed by atoms with Gasteiger partial charge in [-0.1, -0.05) is 12.1 Å². The van der Waals surface area contributed by atoms with Crippen LogP contribution in [0.4, 0.5) is 5.69 Å². The number of amides is 3. The van der Waals surface area contributed by atoms with E-state index in [9.17, 15) is 14.4 Å². The van der Waals surface area contributed by atoms with E-state index in [0.29, 0.717) is 30.1 Å². The maximum atomic E-state index is 12.6. The van der Waals surface area contributed by atoms with Crippen molar-refractivity contribution in [3.05, 3.63) is 54.0 Å². The summed E-state index contributed by atoms with van der Waals surface area (Å²) >= 11 is 0. The monoisotopic (exact) mass is 412 g/mol. The molecule has 3 rings (SSSR count). The van der Waals surface area contributed by atoms with Gasteiger partial charge in [0, 0.05) is 13.1 Å². The van der Waals surface area contributed by atoms with Crippen LogP contribution in [0.3, 0.4) is 0 Å². The second kappa shape index (κ2) is 10.6. The first-order valence-electron chi connectivity index (χ1n) is 10.3. The molecule has 3 N–H and O–H groups in total. The van der Waals surface area contributed by atoms with Gasteiger partial charge in [0.1, 0.15) is 5.76 Å². The molecule has 0 saturated carbocycles. The van der Waals surface area contributed by atoms with E-state index in [-0.39, 0.29) is 36.7 Å². The fourth-order valence-corrected chi connectivity index (χ4v) is 3.59. The molecule has 8 heteroatoms. The number of anilines is 1. The zero-order chi connectivity index (χ0) is 21.3. The van der Waals surface area contributed by atoms with Crippen molar-refractivity contribution in [2.24, 2.45) is 5.92 Å². The quantitative estimate of drug-likeness (QED) is 0.615. The van der Waals surface area contributed by atoms with Gasteiger partial charge < -0.3 is 20.4 Å². The van der Waals surface area contributed by atoms with Crippen molar-refractivity contribution < 1.29 is 18.8 Å². The number of nitrogens with zero attached hydrogens (tertiary/aromatic N) is 1. The molecule has 2 aromatic rings. The molecular weight excluding hydrogens is 384 g/mol. The second-order valence-electron chi connectivity index (χ2n) is 7.32. The first kappa shape index (κ1) is 21.6. The average molecular weight is 412 g/mol. The molecule has 0 aliphatic carbocycles. The van der Waals surface area contributed by atoms with Gasteiger partial charge in [0.15, 0.2) is 0 Å². The Balaban J connectivity index is 1.56. The van der Waals surface area contributed by atoms with Crippen LogP contribution in [0.15, 0.2) is 47.1 Å². The van der Waals surface area contributed by atoms with Gasteiger partial charge in [0.25, 0.3) is 5.91 Å². The number of hydrogen-bond acceptors (Lipinski definition) is 5. The van der Waals surface area contributed by atoms with Crippen LogP contribution in [0, 0.1) is 5.92 Å². The van der Waals surface area contributed by atoms with E-state index in [4.69, 9.17) is 4.42 Å². The van der Waals surface area contributed by atoms with Crippen LogP contribution in [0.5, 0.6) is 0 Å². The van der Waals surface area contributed by atoms with Gasteiger partial charge in [-0.25, -0.2) is 0 Å². The molecule has 1 aliphatic heterocycles. The number of carbonyl (C=O) groups is 3. The van der Waals surface area contributed by atoms with E-state index in [1.165, 1.54) is 0 Å². The Morgan fingerprint density at radius 1 is 1.13 bits per heavy atom. The number of furan rings is 1. The van der Waals surface area contributed by atoms with Gasteiger partial charge in [-0.15, -0.1) is 0 Å². The van der Waals surface area contributed by atoms with E-state index in [1.54, 1.807) is 42.7 Å². The molecular formula is C22H28N4O4. The number of hydrogen-bond donors (Lipinski definition) is 3. The molecule has 30 heavy (non-hydrogen) atoms. The fraction of sp³-hybridized carbons (Fsp3) is 0.409. The molecule has 1 aromatic carbocycles. The summed E-state index contributed by atoms with van der Waals surface area (Å²) < 4.78 is 5.22. The molecule has 0 spiro atoms. The minimum absolute atomic E-state index is 0.0428. The van der Waals surface area contributed by atoms with Crippen molar-refractivity contribution in [2.45, 2.75) is 26.3 Å². The number of piperidine rings is 1. The van der Waals surface area contributed by atoms with Crippen LogP contribution >= 0.6 is 0 Å². The number of carbonyl (C=O) groups excluding carboxylic acids is 3. The van der Waals surface area contributed by atoms with Gasteiger partial charge in [0.05, 0.1) is 36.5 Å². The van der Waals surface area contributed by atoms with Crippen LogP contribution in [0.1, 0.15) is 35.9 Å². The lowest BCUT2D eigenvalue weighted by molar-refractivity contribution is -0.127. The molecule has 1 aromatic heterocycles. The highest BCUT2D eigenvalue weighted by molar-refractivity contribution is 6.04. The fourth-order valence-electron chi connectivity index (χ4n) is 3.59. The first-order chi connectivity index (χ1) is 14.6. The van der Waals surface area contributed by atoms with Gasteiger partial charge in [-0.05, 0) is 50.6 Å². The number of rotatable bonds is 8. The summed E-state index contributed by atoms with van der Waals surface area (Å²) in [6.07, 6.45) is 3.26. The van der Waals surface area contributed by atoms with Crippen molar-refractivity contribution >= 4 is 23.4 Å². The normalized spacial score (nSPS) is 16.6. The number of para-hydroxylation sites is 1. The number of nitrogens with one attached hydrogen (secondary N) is 3. The van der Waals surface area contributed by atoms with E-state index < -0.39 is 0 Å². The molecule has 1 unspecified atom stereocenters. The Kier molecular flexibility index (Phi) is 7.62. The summed E-state index contributed by atoms with van der Waals surface area (Å²) in [5.74, 6) is 0.0957. The Labute approximate surface area is 176 Å². The Bertz CT molecular complexity index is 866. The molecule has 1 fully saturated rings. The summed E-state index contributed by atoms with van der Waals surface area (Å²) in [6.45, 7) is 4.28.